The van der Waals surface area contributed by atoms with Gasteiger partial charge in [-0.05, 0) is 38.5 Å². The van der Waals surface area contributed by atoms with E-state index in [0.29, 0.717) is 19.3 Å². The van der Waals surface area contributed by atoms with Gasteiger partial charge in [-0.25, -0.2) is 0 Å². The number of rotatable bonds is 49. The molecule has 0 aliphatic carbocycles. The van der Waals surface area contributed by atoms with Crippen LogP contribution in [0.15, 0.2) is 60.8 Å². The highest BCUT2D eigenvalue weighted by Crippen LogP contribution is 2.16. The molecule has 1 unspecified atom stereocenters. The lowest BCUT2D eigenvalue weighted by molar-refractivity contribution is -0.167. The molecule has 0 heterocycles. The lowest BCUT2D eigenvalue weighted by Gasteiger charge is -2.18. The highest BCUT2D eigenvalue weighted by Gasteiger charge is 2.19. The number of carbonyl (C=O) groups excluding carboxylic acids is 3. The van der Waals surface area contributed by atoms with Gasteiger partial charge in [-0.3, -0.25) is 14.4 Å². The molecule has 64 heavy (non-hydrogen) atoms. The minimum atomic E-state index is -0.783. The lowest BCUT2D eigenvalue weighted by Crippen LogP contribution is -2.30. The maximum Gasteiger partial charge on any atom is 0.306 e. The zero-order valence-corrected chi connectivity index (χ0v) is 42.3. The van der Waals surface area contributed by atoms with E-state index in [2.05, 4.69) is 57.2 Å². The molecular formula is C58H102O6. The molecule has 0 aromatic carbocycles. The van der Waals surface area contributed by atoms with E-state index < -0.39 is 6.10 Å². The summed E-state index contributed by atoms with van der Waals surface area (Å²) in [6, 6.07) is 0. The average Bonchev–Trinajstić information content (AvgIpc) is 3.29. The first kappa shape index (κ1) is 61.1. The van der Waals surface area contributed by atoms with Crippen LogP contribution in [0.1, 0.15) is 271 Å². The van der Waals surface area contributed by atoms with E-state index in [4.69, 9.17) is 14.2 Å². The molecular weight excluding hydrogens is 793 g/mol. The number of hydrogen-bond donors (Lipinski definition) is 0. The van der Waals surface area contributed by atoms with Crippen LogP contribution < -0.4 is 0 Å². The summed E-state index contributed by atoms with van der Waals surface area (Å²) in [5, 5.41) is 0. The quantitative estimate of drug-likeness (QED) is 0.0262. The second kappa shape index (κ2) is 52.7. The molecule has 0 aromatic rings. The van der Waals surface area contributed by atoms with Gasteiger partial charge in [-0.15, -0.1) is 0 Å². The van der Waals surface area contributed by atoms with Gasteiger partial charge < -0.3 is 14.2 Å². The fraction of sp³-hybridized carbons (Fsp3) is 0.776. The molecule has 1 atom stereocenters. The van der Waals surface area contributed by atoms with Crippen LogP contribution in [-0.2, 0) is 28.6 Å². The Hall–Kier alpha value is -2.89. The molecule has 0 aliphatic heterocycles. The largest absolute Gasteiger partial charge is 0.462 e. The number of ether oxygens (including phenoxy) is 3. The summed E-state index contributed by atoms with van der Waals surface area (Å²) in [5.74, 6) is -0.900. The Kier molecular flexibility index (Phi) is 50.4. The Morgan fingerprint density at radius 3 is 0.938 bits per heavy atom. The molecule has 0 rings (SSSR count). The summed E-state index contributed by atoms with van der Waals surface area (Å²) in [7, 11) is 0. The smallest absolute Gasteiger partial charge is 0.306 e. The van der Waals surface area contributed by atoms with Crippen LogP contribution in [0, 0.1) is 0 Å². The summed E-state index contributed by atoms with van der Waals surface area (Å²) in [6.45, 7) is 6.53. The molecule has 0 radical (unpaired) electrons. The van der Waals surface area contributed by atoms with Crippen LogP contribution in [0.2, 0.25) is 0 Å². The molecule has 0 N–H and O–H groups in total. The molecule has 0 bridgehead atoms. The van der Waals surface area contributed by atoms with Crippen molar-refractivity contribution >= 4 is 17.9 Å². The Bertz CT molecular complexity index is 1170. The van der Waals surface area contributed by atoms with Gasteiger partial charge >= 0.3 is 17.9 Å². The van der Waals surface area contributed by atoms with Gasteiger partial charge in [0.2, 0.25) is 0 Å². The van der Waals surface area contributed by atoms with E-state index in [1.165, 1.54) is 148 Å². The van der Waals surface area contributed by atoms with Gasteiger partial charge in [0.1, 0.15) is 13.2 Å². The van der Waals surface area contributed by atoms with E-state index >= 15 is 0 Å². The highest BCUT2D eigenvalue weighted by molar-refractivity contribution is 5.71. The van der Waals surface area contributed by atoms with Gasteiger partial charge in [0.05, 0.1) is 0 Å². The summed E-state index contributed by atoms with van der Waals surface area (Å²) in [5.41, 5.74) is 0. The zero-order valence-electron chi connectivity index (χ0n) is 42.3. The van der Waals surface area contributed by atoms with Crippen LogP contribution in [0.3, 0.4) is 0 Å². The number of allylic oxidation sites excluding steroid dienone is 10. The maximum atomic E-state index is 12.8. The summed E-state index contributed by atoms with van der Waals surface area (Å²) in [4.78, 5) is 38.0. The van der Waals surface area contributed by atoms with Gasteiger partial charge in [0.15, 0.2) is 6.10 Å². The van der Waals surface area contributed by atoms with Crippen molar-refractivity contribution in [3.8, 4) is 0 Å². The molecule has 0 aliphatic rings. The van der Waals surface area contributed by atoms with Crippen LogP contribution >= 0.6 is 0 Å². The van der Waals surface area contributed by atoms with Crippen LogP contribution in [0.25, 0.3) is 0 Å². The topological polar surface area (TPSA) is 78.9 Å². The molecule has 0 saturated carbocycles. The number of carbonyl (C=O) groups is 3. The van der Waals surface area contributed by atoms with E-state index in [1.807, 2.05) is 24.3 Å². The van der Waals surface area contributed by atoms with Crippen molar-refractivity contribution in [1.29, 1.82) is 0 Å². The molecule has 0 spiro atoms. The molecule has 0 amide bonds. The lowest BCUT2D eigenvalue weighted by atomic mass is 10.0. The van der Waals surface area contributed by atoms with Gasteiger partial charge in [0, 0.05) is 19.3 Å². The first-order valence-corrected chi connectivity index (χ1v) is 27.4. The second-order valence-corrected chi connectivity index (χ2v) is 18.3. The standard InChI is InChI=1S/C58H102O6/c1-4-7-10-13-16-19-21-23-25-27-29-31-32-34-36-39-42-45-48-51-57(60)63-54-55(53-62-56(59)50-47-44-41-38-18-15-12-9-6-3)64-58(61)52-49-46-43-40-37-35-33-30-28-26-24-22-20-17-14-11-8-5-2/h11,14,17,20,22,24,26,28,30,33,55H,4-10,12-13,15-16,18-19,21,23,25,27,29,31-32,34-54H2,1-3H3/b14-11-,20-17-,24-22-,28-26-,33-30-. The minimum Gasteiger partial charge on any atom is -0.462 e. The number of unbranched alkanes of at least 4 members (excludes halogenated alkanes) is 32. The van der Waals surface area contributed by atoms with Gasteiger partial charge in [0.25, 0.3) is 0 Å². The molecule has 0 saturated heterocycles. The van der Waals surface area contributed by atoms with Gasteiger partial charge in [-0.1, -0.05) is 274 Å². The van der Waals surface area contributed by atoms with Crippen molar-refractivity contribution in [3.63, 3.8) is 0 Å². The predicted octanol–water partition coefficient (Wildman–Crippen LogP) is 18.0. The van der Waals surface area contributed by atoms with Gasteiger partial charge in [-0.2, -0.15) is 0 Å². The summed E-state index contributed by atoms with van der Waals surface area (Å²) < 4.78 is 16.8. The van der Waals surface area contributed by atoms with Crippen molar-refractivity contribution in [2.24, 2.45) is 0 Å². The summed E-state index contributed by atoms with van der Waals surface area (Å²) in [6.07, 6.45) is 64.9. The summed E-state index contributed by atoms with van der Waals surface area (Å²) >= 11 is 0. The van der Waals surface area contributed by atoms with Crippen molar-refractivity contribution in [2.45, 2.75) is 277 Å². The monoisotopic (exact) mass is 895 g/mol. The van der Waals surface area contributed by atoms with Crippen molar-refractivity contribution < 1.29 is 28.6 Å². The van der Waals surface area contributed by atoms with E-state index in [1.54, 1.807) is 0 Å². The Morgan fingerprint density at radius 2 is 0.594 bits per heavy atom. The maximum absolute atomic E-state index is 12.8. The number of hydrogen-bond acceptors (Lipinski definition) is 6. The predicted molar refractivity (Wildman–Crippen MR) is 275 cm³/mol. The second-order valence-electron chi connectivity index (χ2n) is 18.3. The van der Waals surface area contributed by atoms with Crippen LogP contribution in [-0.4, -0.2) is 37.2 Å². The molecule has 0 aromatic heterocycles. The fourth-order valence-corrected chi connectivity index (χ4v) is 7.77. The van der Waals surface area contributed by atoms with Crippen molar-refractivity contribution in [1.82, 2.24) is 0 Å². The molecule has 0 fully saturated rings. The van der Waals surface area contributed by atoms with E-state index in [0.717, 1.165) is 83.5 Å². The fourth-order valence-electron chi connectivity index (χ4n) is 7.77. The molecule has 370 valence electrons. The number of esters is 3. The molecule has 6 heteroatoms. The third kappa shape index (κ3) is 50.1. The Balaban J connectivity index is 4.32. The van der Waals surface area contributed by atoms with Crippen molar-refractivity contribution in [3.05, 3.63) is 60.8 Å². The Morgan fingerprint density at radius 1 is 0.312 bits per heavy atom. The first-order chi connectivity index (χ1) is 31.5. The van der Waals surface area contributed by atoms with Crippen molar-refractivity contribution in [2.75, 3.05) is 13.2 Å². The normalized spacial score (nSPS) is 12.5. The minimum absolute atomic E-state index is 0.0816. The first-order valence-electron chi connectivity index (χ1n) is 27.4. The Labute approximate surface area is 396 Å². The van der Waals surface area contributed by atoms with E-state index in [9.17, 15) is 14.4 Å². The third-order valence-electron chi connectivity index (χ3n) is 11.9. The van der Waals surface area contributed by atoms with Crippen LogP contribution in [0.5, 0.6) is 0 Å². The molecule has 6 nitrogen and oxygen atoms in total. The van der Waals surface area contributed by atoms with Crippen LogP contribution in [0.4, 0.5) is 0 Å². The van der Waals surface area contributed by atoms with E-state index in [-0.39, 0.29) is 31.1 Å². The third-order valence-corrected chi connectivity index (χ3v) is 11.9. The SMILES string of the molecule is CCC\C=C/C=C\C=C/C=C\C=C/CCCCCCCC(=O)OC(COC(=O)CCCCCCCCCCC)COC(=O)CCCCCCCCCCCCCCCCCCCCC. The zero-order chi connectivity index (χ0) is 46.5. The highest BCUT2D eigenvalue weighted by atomic mass is 16.6. The average molecular weight is 895 g/mol.